The van der Waals surface area contributed by atoms with Crippen molar-refractivity contribution in [2.24, 2.45) is 0 Å². The molecule has 0 spiro atoms. The third kappa shape index (κ3) is 4.76. The van der Waals surface area contributed by atoms with Crippen LogP contribution in [-0.2, 0) is 9.53 Å². The summed E-state index contributed by atoms with van der Waals surface area (Å²) in [5, 5.41) is 12.5. The van der Waals surface area contributed by atoms with Gasteiger partial charge in [0.2, 0.25) is 5.91 Å². The van der Waals surface area contributed by atoms with Gasteiger partial charge in [0.25, 0.3) is 0 Å². The molecule has 1 heterocycles. The first-order chi connectivity index (χ1) is 9.67. The molecular weight excluding hydrogens is 280 g/mol. The number of aliphatic hydroxyl groups is 1. The molecule has 1 fully saturated rings. The van der Waals surface area contributed by atoms with Crippen LogP contribution in [0.2, 0.25) is 5.02 Å². The van der Waals surface area contributed by atoms with E-state index in [2.05, 4.69) is 10.2 Å². The number of aliphatic hydroxyl groups excluding tert-OH is 1. The highest BCUT2D eigenvalue weighted by Crippen LogP contribution is 2.15. The van der Waals surface area contributed by atoms with Gasteiger partial charge in [0.1, 0.15) is 0 Å². The first-order valence-electron chi connectivity index (χ1n) is 6.67. The van der Waals surface area contributed by atoms with Crippen LogP contribution in [0.3, 0.4) is 0 Å². The molecule has 1 aromatic carbocycles. The van der Waals surface area contributed by atoms with Gasteiger partial charge in [-0.05, 0) is 18.2 Å². The van der Waals surface area contributed by atoms with Gasteiger partial charge in [-0.25, -0.2) is 0 Å². The van der Waals surface area contributed by atoms with Gasteiger partial charge in [0, 0.05) is 36.8 Å². The SMILES string of the molecule is O=C(CCN1CCOC(CO)C1)Nc1cccc(Cl)c1. The second-order valence-corrected chi connectivity index (χ2v) is 5.22. The summed E-state index contributed by atoms with van der Waals surface area (Å²) in [5.41, 5.74) is 0.706. The summed E-state index contributed by atoms with van der Waals surface area (Å²) in [6.45, 7) is 2.74. The van der Waals surface area contributed by atoms with Crippen molar-refractivity contribution in [3.63, 3.8) is 0 Å². The number of hydrogen-bond donors (Lipinski definition) is 2. The van der Waals surface area contributed by atoms with Gasteiger partial charge < -0.3 is 15.2 Å². The zero-order chi connectivity index (χ0) is 14.4. The number of anilines is 1. The minimum Gasteiger partial charge on any atom is -0.394 e. The van der Waals surface area contributed by atoms with E-state index in [-0.39, 0.29) is 18.6 Å². The van der Waals surface area contributed by atoms with Crippen molar-refractivity contribution >= 4 is 23.2 Å². The Bertz CT molecular complexity index is 456. The van der Waals surface area contributed by atoms with Crippen molar-refractivity contribution in [2.75, 3.05) is 38.2 Å². The summed E-state index contributed by atoms with van der Waals surface area (Å²) in [5.74, 6) is -0.0423. The fraction of sp³-hybridized carbons (Fsp3) is 0.500. The number of nitrogens with one attached hydrogen (secondary N) is 1. The highest BCUT2D eigenvalue weighted by molar-refractivity contribution is 6.30. The lowest BCUT2D eigenvalue weighted by Crippen LogP contribution is -2.44. The lowest BCUT2D eigenvalue weighted by Gasteiger charge is -2.31. The van der Waals surface area contributed by atoms with Crippen LogP contribution in [0, 0.1) is 0 Å². The van der Waals surface area contributed by atoms with E-state index in [4.69, 9.17) is 21.4 Å². The molecule has 1 unspecified atom stereocenters. The second-order valence-electron chi connectivity index (χ2n) is 4.78. The molecule has 1 aliphatic heterocycles. The van der Waals surface area contributed by atoms with E-state index in [1.165, 1.54) is 0 Å². The van der Waals surface area contributed by atoms with E-state index in [9.17, 15) is 4.79 Å². The average molecular weight is 299 g/mol. The maximum Gasteiger partial charge on any atom is 0.225 e. The molecule has 0 saturated carbocycles. The lowest BCUT2D eigenvalue weighted by molar-refractivity contribution is -0.117. The van der Waals surface area contributed by atoms with Crippen molar-refractivity contribution < 1.29 is 14.6 Å². The quantitative estimate of drug-likeness (QED) is 0.862. The Hall–Kier alpha value is -1.14. The third-order valence-electron chi connectivity index (χ3n) is 3.19. The molecule has 6 heteroatoms. The fourth-order valence-electron chi connectivity index (χ4n) is 2.14. The zero-order valence-corrected chi connectivity index (χ0v) is 12.0. The molecule has 5 nitrogen and oxygen atoms in total. The van der Waals surface area contributed by atoms with Gasteiger partial charge in [-0.2, -0.15) is 0 Å². The van der Waals surface area contributed by atoms with Crippen molar-refractivity contribution in [1.82, 2.24) is 4.90 Å². The maximum absolute atomic E-state index is 11.9. The largest absolute Gasteiger partial charge is 0.394 e. The normalized spacial score (nSPS) is 19.8. The molecule has 1 atom stereocenters. The van der Waals surface area contributed by atoms with Gasteiger partial charge >= 0.3 is 0 Å². The molecule has 0 radical (unpaired) electrons. The first kappa shape index (κ1) is 15.3. The summed E-state index contributed by atoms with van der Waals surface area (Å²) in [7, 11) is 0. The zero-order valence-electron chi connectivity index (χ0n) is 11.2. The van der Waals surface area contributed by atoms with Crippen LogP contribution in [-0.4, -0.2) is 54.9 Å². The predicted octanol–water partition coefficient (Wildman–Crippen LogP) is 1.36. The highest BCUT2D eigenvalue weighted by atomic mass is 35.5. The molecule has 0 aromatic heterocycles. The van der Waals surface area contributed by atoms with Gasteiger partial charge in [-0.3, -0.25) is 9.69 Å². The Balaban J connectivity index is 1.75. The Morgan fingerprint density at radius 2 is 2.40 bits per heavy atom. The molecule has 20 heavy (non-hydrogen) atoms. The summed E-state index contributed by atoms with van der Waals surface area (Å²) >= 11 is 5.86. The number of rotatable bonds is 5. The van der Waals surface area contributed by atoms with Gasteiger partial charge in [-0.1, -0.05) is 17.7 Å². The van der Waals surface area contributed by atoms with Crippen LogP contribution in [0.4, 0.5) is 5.69 Å². The highest BCUT2D eigenvalue weighted by Gasteiger charge is 2.19. The standard InChI is InChI=1S/C14H19ClN2O3/c15-11-2-1-3-12(8-11)16-14(19)4-5-17-6-7-20-13(9-17)10-18/h1-3,8,13,18H,4-7,9-10H2,(H,16,19). The molecule has 1 aliphatic rings. The van der Waals surface area contributed by atoms with E-state index in [1.807, 2.05) is 0 Å². The van der Waals surface area contributed by atoms with E-state index in [1.54, 1.807) is 24.3 Å². The number of carbonyl (C=O) groups is 1. The van der Waals surface area contributed by atoms with Crippen LogP contribution in [0.1, 0.15) is 6.42 Å². The number of ether oxygens (including phenoxy) is 1. The van der Waals surface area contributed by atoms with Crippen LogP contribution >= 0.6 is 11.6 Å². The van der Waals surface area contributed by atoms with Crippen LogP contribution in [0.15, 0.2) is 24.3 Å². The number of amides is 1. The minimum atomic E-state index is -0.139. The summed E-state index contributed by atoms with van der Waals surface area (Å²) in [6.07, 6.45) is 0.268. The van der Waals surface area contributed by atoms with Crippen LogP contribution in [0.25, 0.3) is 0 Å². The third-order valence-corrected chi connectivity index (χ3v) is 3.43. The Kier molecular flexibility index (Phi) is 5.79. The molecule has 1 saturated heterocycles. The molecular formula is C14H19ClN2O3. The van der Waals surface area contributed by atoms with Crippen molar-refractivity contribution in [3.8, 4) is 0 Å². The van der Waals surface area contributed by atoms with Gasteiger partial charge in [-0.15, -0.1) is 0 Å². The average Bonchev–Trinajstić information content (AvgIpc) is 2.45. The maximum atomic E-state index is 11.9. The minimum absolute atomic E-state index is 0.0191. The van der Waals surface area contributed by atoms with Crippen LogP contribution in [0.5, 0.6) is 0 Å². The predicted molar refractivity (Wildman–Crippen MR) is 78.0 cm³/mol. The van der Waals surface area contributed by atoms with E-state index >= 15 is 0 Å². The van der Waals surface area contributed by atoms with Crippen molar-refractivity contribution in [3.05, 3.63) is 29.3 Å². The van der Waals surface area contributed by atoms with Crippen molar-refractivity contribution in [1.29, 1.82) is 0 Å². The van der Waals surface area contributed by atoms with Gasteiger partial charge in [0.15, 0.2) is 0 Å². The molecule has 0 bridgehead atoms. The summed E-state index contributed by atoms with van der Waals surface area (Å²) < 4.78 is 5.37. The molecule has 110 valence electrons. The lowest BCUT2D eigenvalue weighted by atomic mass is 10.2. The Labute approximate surface area is 123 Å². The summed E-state index contributed by atoms with van der Waals surface area (Å²) in [6, 6.07) is 7.09. The first-order valence-corrected chi connectivity index (χ1v) is 7.05. The molecule has 2 rings (SSSR count). The second kappa shape index (κ2) is 7.59. The van der Waals surface area contributed by atoms with Crippen LogP contribution < -0.4 is 5.32 Å². The van der Waals surface area contributed by atoms with E-state index < -0.39 is 0 Å². The van der Waals surface area contributed by atoms with Gasteiger partial charge in [0.05, 0.1) is 19.3 Å². The van der Waals surface area contributed by atoms with E-state index in [0.717, 1.165) is 6.54 Å². The van der Waals surface area contributed by atoms with Crippen molar-refractivity contribution in [2.45, 2.75) is 12.5 Å². The Morgan fingerprint density at radius 1 is 1.55 bits per heavy atom. The monoisotopic (exact) mass is 298 g/mol. The summed E-state index contributed by atoms with van der Waals surface area (Å²) in [4.78, 5) is 14.0. The number of nitrogens with zero attached hydrogens (tertiary/aromatic N) is 1. The smallest absolute Gasteiger partial charge is 0.225 e. The topological polar surface area (TPSA) is 61.8 Å². The number of morpholine rings is 1. The number of hydrogen-bond acceptors (Lipinski definition) is 4. The fourth-order valence-corrected chi connectivity index (χ4v) is 2.33. The molecule has 1 aromatic rings. The number of halogens is 1. The van der Waals surface area contributed by atoms with E-state index in [0.29, 0.717) is 36.8 Å². The molecule has 1 amide bonds. The molecule has 2 N–H and O–H groups in total. The molecule has 0 aliphatic carbocycles. The Morgan fingerprint density at radius 3 is 3.15 bits per heavy atom. The number of benzene rings is 1. The number of carbonyl (C=O) groups excluding carboxylic acids is 1.